The largest absolute Gasteiger partial charge is 0.393 e. The molecule has 0 saturated heterocycles. The van der Waals surface area contributed by atoms with Gasteiger partial charge in [-0.15, -0.1) is 0 Å². The fourth-order valence-electron chi connectivity index (χ4n) is 6.60. The molecule has 32 heavy (non-hydrogen) atoms. The topological polar surface area (TPSA) is 60.7 Å². The second kappa shape index (κ2) is 10.4. The number of aliphatic hydroxyl groups excluding tert-OH is 2. The summed E-state index contributed by atoms with van der Waals surface area (Å²) in [7, 11) is 0. The van der Waals surface area contributed by atoms with Crippen LogP contribution in [0.15, 0.2) is 35.9 Å². The van der Waals surface area contributed by atoms with Crippen LogP contribution in [0.5, 0.6) is 0 Å². The monoisotopic (exact) mass is 442 g/mol. The third-order valence-electron chi connectivity index (χ3n) is 8.57. The smallest absolute Gasteiger partial charge is 0.0772 e. The van der Waals surface area contributed by atoms with Crippen LogP contribution in [0.3, 0.4) is 0 Å². The molecule has 0 unspecified atom stereocenters. The first-order valence-corrected chi connectivity index (χ1v) is 12.8. The number of fused-ring (bicyclic) bond motifs is 8. The minimum atomic E-state index is -0.579. The summed E-state index contributed by atoms with van der Waals surface area (Å²) in [5, 5.41) is 31.1. The highest BCUT2D eigenvalue weighted by Crippen LogP contribution is 2.58. The minimum absolute atomic E-state index is 0.223. The second-order valence-electron chi connectivity index (χ2n) is 11.8. The summed E-state index contributed by atoms with van der Waals surface area (Å²) in [4.78, 5) is 0. The zero-order chi connectivity index (χ0) is 23.5. The van der Waals surface area contributed by atoms with Crippen molar-refractivity contribution in [3.05, 3.63) is 47.0 Å². The predicted octanol–water partition coefficient (Wildman–Crippen LogP) is 6.16. The Hall–Kier alpha value is -1.16. The van der Waals surface area contributed by atoms with E-state index in [0.717, 1.165) is 36.8 Å². The minimum Gasteiger partial charge on any atom is -0.393 e. The molecule has 0 heterocycles. The molecule has 180 valence electrons. The Morgan fingerprint density at radius 2 is 1.81 bits per heavy atom. The summed E-state index contributed by atoms with van der Waals surface area (Å²) in [5.74, 6) is 1.85. The van der Waals surface area contributed by atoms with E-state index in [1.54, 1.807) is 0 Å². The molecule has 1 fully saturated rings. The molecule has 3 aliphatic rings. The molecular weight excluding hydrogens is 396 g/mol. The van der Waals surface area contributed by atoms with Crippen LogP contribution in [0.25, 0.3) is 0 Å². The van der Waals surface area contributed by atoms with Crippen molar-refractivity contribution in [1.29, 1.82) is 0 Å². The van der Waals surface area contributed by atoms with E-state index in [4.69, 9.17) is 0 Å². The highest BCUT2D eigenvalue weighted by Gasteiger charge is 2.48. The normalized spacial score (nSPS) is 34.4. The molecule has 0 amide bonds. The SMILES string of the molecule is C/C1=C/CC[C@]2(C)[C@@H]([C@H](C)CCCC(C)(C)O)CC[C@H]2c2ccc(cc2)C[C@@H](O)C[C@@H]1O. The first-order valence-electron chi connectivity index (χ1n) is 12.8. The van der Waals surface area contributed by atoms with Crippen molar-refractivity contribution in [3.8, 4) is 0 Å². The molecule has 0 radical (unpaired) electrons. The average Bonchev–Trinajstić information content (AvgIpc) is 3.03. The summed E-state index contributed by atoms with van der Waals surface area (Å²) >= 11 is 0. The zero-order valence-corrected chi connectivity index (χ0v) is 21.0. The van der Waals surface area contributed by atoms with E-state index in [1.165, 1.54) is 24.8 Å². The molecule has 4 rings (SSSR count). The zero-order valence-electron chi connectivity index (χ0n) is 21.0. The Balaban J connectivity index is 1.85. The summed E-state index contributed by atoms with van der Waals surface area (Å²) < 4.78 is 0. The van der Waals surface area contributed by atoms with Gasteiger partial charge in [-0.1, -0.05) is 57.0 Å². The van der Waals surface area contributed by atoms with Gasteiger partial charge in [0.2, 0.25) is 0 Å². The fourth-order valence-corrected chi connectivity index (χ4v) is 6.60. The maximum absolute atomic E-state index is 10.6. The molecular formula is C29H46O3. The fraction of sp³-hybridized carbons (Fsp3) is 0.724. The molecule has 1 saturated carbocycles. The van der Waals surface area contributed by atoms with Gasteiger partial charge in [-0.05, 0) is 99.2 Å². The summed E-state index contributed by atoms with van der Waals surface area (Å²) in [6, 6.07) is 8.94. The highest BCUT2D eigenvalue weighted by atomic mass is 16.3. The van der Waals surface area contributed by atoms with E-state index < -0.39 is 17.8 Å². The average molecular weight is 443 g/mol. The van der Waals surface area contributed by atoms with E-state index in [-0.39, 0.29) is 5.41 Å². The first-order chi connectivity index (χ1) is 15.0. The van der Waals surface area contributed by atoms with Crippen LogP contribution in [-0.2, 0) is 6.42 Å². The van der Waals surface area contributed by atoms with Crippen molar-refractivity contribution in [1.82, 2.24) is 0 Å². The molecule has 2 bridgehead atoms. The van der Waals surface area contributed by atoms with E-state index in [1.807, 2.05) is 20.8 Å². The van der Waals surface area contributed by atoms with E-state index in [0.29, 0.717) is 30.6 Å². The lowest BCUT2D eigenvalue weighted by atomic mass is 9.64. The maximum atomic E-state index is 10.6. The van der Waals surface area contributed by atoms with Gasteiger partial charge in [0.25, 0.3) is 0 Å². The lowest BCUT2D eigenvalue weighted by Gasteiger charge is -2.41. The van der Waals surface area contributed by atoms with Gasteiger partial charge in [-0.25, -0.2) is 0 Å². The van der Waals surface area contributed by atoms with Crippen LogP contribution in [0.4, 0.5) is 0 Å². The molecule has 0 aromatic heterocycles. The molecule has 0 aliphatic heterocycles. The van der Waals surface area contributed by atoms with Crippen LogP contribution in [0, 0.1) is 17.3 Å². The summed E-state index contributed by atoms with van der Waals surface area (Å²) in [6.07, 6.45) is 9.77. The van der Waals surface area contributed by atoms with Gasteiger partial charge in [0.05, 0.1) is 17.8 Å². The predicted molar refractivity (Wildman–Crippen MR) is 133 cm³/mol. The lowest BCUT2D eigenvalue weighted by molar-refractivity contribution is 0.0626. The summed E-state index contributed by atoms with van der Waals surface area (Å²) in [6.45, 7) is 10.7. The Bertz CT molecular complexity index is 760. The standard InChI is InChI=1S/C29H46O3/c1-20(8-6-16-28(3,4)32)25-14-15-26-23-12-10-22(11-13-23)18-24(30)19-27(31)21(2)9-7-17-29(25,26)5/h9-13,20,24-27,30-32H,6-8,14-19H2,1-5H3/b21-9-/t20-,24-,25-,26+,27+,29-/m1/s1. The van der Waals surface area contributed by atoms with Crippen molar-refractivity contribution in [2.24, 2.45) is 17.3 Å². The molecule has 3 heteroatoms. The first kappa shape index (κ1) is 25.5. The Labute approximate surface area is 196 Å². The number of aliphatic hydroxyl groups is 3. The molecule has 3 aliphatic carbocycles. The van der Waals surface area contributed by atoms with Gasteiger partial charge in [-0.2, -0.15) is 0 Å². The number of benzene rings is 1. The number of allylic oxidation sites excluding steroid dienone is 1. The Morgan fingerprint density at radius 1 is 1.12 bits per heavy atom. The maximum Gasteiger partial charge on any atom is 0.0772 e. The van der Waals surface area contributed by atoms with Crippen LogP contribution in [0.2, 0.25) is 0 Å². The second-order valence-corrected chi connectivity index (χ2v) is 11.8. The van der Waals surface area contributed by atoms with Crippen LogP contribution < -0.4 is 0 Å². The van der Waals surface area contributed by atoms with E-state index in [9.17, 15) is 15.3 Å². The van der Waals surface area contributed by atoms with Crippen LogP contribution >= 0.6 is 0 Å². The molecule has 3 nitrogen and oxygen atoms in total. The summed E-state index contributed by atoms with van der Waals surface area (Å²) in [5.41, 5.74) is 3.21. The van der Waals surface area contributed by atoms with Gasteiger partial charge in [-0.3, -0.25) is 0 Å². The van der Waals surface area contributed by atoms with E-state index in [2.05, 4.69) is 44.2 Å². The van der Waals surface area contributed by atoms with Crippen molar-refractivity contribution < 1.29 is 15.3 Å². The van der Waals surface area contributed by atoms with Gasteiger partial charge >= 0.3 is 0 Å². The molecule has 0 spiro atoms. The van der Waals surface area contributed by atoms with Crippen molar-refractivity contribution in [2.75, 3.05) is 0 Å². The number of hydrogen-bond acceptors (Lipinski definition) is 3. The van der Waals surface area contributed by atoms with Gasteiger partial charge in [0.15, 0.2) is 0 Å². The van der Waals surface area contributed by atoms with Crippen molar-refractivity contribution >= 4 is 0 Å². The van der Waals surface area contributed by atoms with Crippen molar-refractivity contribution in [3.63, 3.8) is 0 Å². The van der Waals surface area contributed by atoms with Gasteiger partial charge in [0, 0.05) is 6.42 Å². The third-order valence-corrected chi connectivity index (χ3v) is 8.57. The molecule has 3 N–H and O–H groups in total. The lowest BCUT2D eigenvalue weighted by Crippen LogP contribution is -2.32. The Morgan fingerprint density at radius 3 is 2.47 bits per heavy atom. The van der Waals surface area contributed by atoms with Gasteiger partial charge in [0.1, 0.15) is 0 Å². The third kappa shape index (κ3) is 6.24. The Kier molecular flexibility index (Phi) is 8.28. The van der Waals surface area contributed by atoms with E-state index >= 15 is 0 Å². The number of hydrogen-bond donors (Lipinski definition) is 3. The quantitative estimate of drug-likeness (QED) is 0.479. The van der Waals surface area contributed by atoms with Crippen molar-refractivity contribution in [2.45, 2.75) is 116 Å². The van der Waals surface area contributed by atoms with Crippen LogP contribution in [-0.4, -0.2) is 33.1 Å². The number of rotatable bonds is 5. The van der Waals surface area contributed by atoms with Crippen LogP contribution in [0.1, 0.15) is 103 Å². The van der Waals surface area contributed by atoms with Gasteiger partial charge < -0.3 is 15.3 Å². The molecule has 1 aromatic carbocycles. The molecule has 6 atom stereocenters. The highest BCUT2D eigenvalue weighted by molar-refractivity contribution is 5.29. The molecule has 1 aromatic rings.